The maximum Gasteiger partial charge on any atom is 0.253 e. The lowest BCUT2D eigenvalue weighted by atomic mass is 9.83. The molecule has 2 N–H and O–H groups in total. The Labute approximate surface area is 191 Å². The number of phenolic OH excluding ortho intramolecular Hbond substituents is 1. The van der Waals surface area contributed by atoms with E-state index in [4.69, 9.17) is 0 Å². The van der Waals surface area contributed by atoms with E-state index in [-0.39, 0.29) is 5.75 Å². The largest absolute Gasteiger partial charge is 0.507 e. The smallest absolute Gasteiger partial charge is 0.253 e. The summed E-state index contributed by atoms with van der Waals surface area (Å²) in [6.45, 7) is -0.869. The summed E-state index contributed by atoms with van der Waals surface area (Å²) in [5.74, 6) is 0.872. The summed E-state index contributed by atoms with van der Waals surface area (Å²) in [6, 6.07) is 13.6. The number of pyridine rings is 1. The number of fused-ring (bicyclic) bond motifs is 2. The minimum atomic E-state index is -0.869. The third kappa shape index (κ3) is 4.35. The molecule has 4 heterocycles. The van der Waals surface area contributed by atoms with E-state index in [1.54, 1.807) is 24.3 Å². The molecule has 2 bridgehead atoms. The van der Waals surface area contributed by atoms with Gasteiger partial charge in [-0.2, -0.15) is 0 Å². The summed E-state index contributed by atoms with van der Waals surface area (Å²) in [6.07, 6.45) is 7.45. The lowest BCUT2D eigenvalue weighted by molar-refractivity contribution is 0.219. The van der Waals surface area contributed by atoms with Crippen molar-refractivity contribution in [2.45, 2.75) is 57.0 Å². The van der Waals surface area contributed by atoms with Gasteiger partial charge in [-0.15, -0.1) is 10.2 Å². The van der Waals surface area contributed by atoms with E-state index in [1.807, 2.05) is 12.1 Å². The molecule has 172 valence electrons. The quantitative estimate of drug-likeness (QED) is 0.618. The maximum atomic E-state index is 12.8. The van der Waals surface area contributed by atoms with Crippen molar-refractivity contribution in [3.05, 3.63) is 59.0 Å². The predicted octanol–water partition coefficient (Wildman–Crippen LogP) is 3.71. The van der Waals surface area contributed by atoms with Crippen molar-refractivity contribution in [2.75, 3.05) is 11.9 Å². The number of piperidine rings is 2. The Bertz CT molecular complexity index is 1180. The van der Waals surface area contributed by atoms with E-state index in [9.17, 15) is 14.3 Å². The Morgan fingerprint density at radius 2 is 1.85 bits per heavy atom. The van der Waals surface area contributed by atoms with Crippen LogP contribution in [0, 0.1) is 0 Å². The second-order valence-electron chi connectivity index (χ2n) is 9.08. The fourth-order valence-electron chi connectivity index (χ4n) is 5.11. The monoisotopic (exact) mass is 449 g/mol. The molecular weight excluding hydrogens is 421 g/mol. The average molecular weight is 450 g/mol. The zero-order chi connectivity index (χ0) is 22.9. The summed E-state index contributed by atoms with van der Waals surface area (Å²) in [5.41, 5.74) is 1.99. The van der Waals surface area contributed by atoms with Crippen LogP contribution in [-0.2, 0) is 6.80 Å². The molecule has 0 radical (unpaired) electrons. The number of benzene rings is 1. The normalized spacial score (nSPS) is 22.2. The number of aromatic nitrogens is 3. The number of rotatable bonds is 5. The van der Waals surface area contributed by atoms with Crippen LogP contribution in [0.3, 0.4) is 0 Å². The highest BCUT2D eigenvalue weighted by Crippen LogP contribution is 2.33. The molecule has 2 saturated heterocycles. The molecule has 0 unspecified atom stereocenters. The van der Waals surface area contributed by atoms with E-state index >= 15 is 0 Å². The lowest BCUT2D eigenvalue weighted by Gasteiger charge is -2.43. The van der Waals surface area contributed by atoms with Crippen LogP contribution in [0.15, 0.2) is 53.5 Å². The summed E-state index contributed by atoms with van der Waals surface area (Å²) < 4.78 is 13.7. The van der Waals surface area contributed by atoms with Crippen LogP contribution < -0.4 is 15.8 Å². The molecule has 7 nitrogen and oxygen atoms in total. The van der Waals surface area contributed by atoms with Crippen LogP contribution in [0.25, 0.3) is 22.4 Å². The molecule has 0 spiro atoms. The number of nitrogens with one attached hydrogen (secondary N) is 1. The minimum absolute atomic E-state index is 0.0451. The molecule has 2 fully saturated rings. The predicted molar refractivity (Wildman–Crippen MR) is 126 cm³/mol. The van der Waals surface area contributed by atoms with Crippen LogP contribution in [0.4, 0.5) is 10.2 Å². The van der Waals surface area contributed by atoms with Crippen molar-refractivity contribution in [3.63, 3.8) is 0 Å². The Morgan fingerprint density at radius 3 is 2.48 bits per heavy atom. The fourth-order valence-corrected chi connectivity index (χ4v) is 5.11. The van der Waals surface area contributed by atoms with Crippen molar-refractivity contribution in [1.29, 1.82) is 0 Å². The van der Waals surface area contributed by atoms with Crippen molar-refractivity contribution < 1.29 is 9.50 Å². The average Bonchev–Trinajstić information content (AvgIpc) is 2.83. The van der Waals surface area contributed by atoms with Crippen molar-refractivity contribution in [3.8, 4) is 28.1 Å². The second kappa shape index (κ2) is 8.94. The Kier molecular flexibility index (Phi) is 5.85. The Morgan fingerprint density at radius 1 is 1.09 bits per heavy atom. The highest BCUT2D eigenvalue weighted by Gasteiger charge is 2.33. The van der Waals surface area contributed by atoms with Gasteiger partial charge in [-0.25, -0.2) is 4.39 Å². The van der Waals surface area contributed by atoms with Gasteiger partial charge in [-0.3, -0.25) is 9.36 Å². The highest BCUT2D eigenvalue weighted by atomic mass is 19.1. The number of hydrogen-bond acceptors (Lipinski definition) is 6. The highest BCUT2D eigenvalue weighted by molar-refractivity contribution is 5.74. The Hall–Kier alpha value is -3.26. The summed E-state index contributed by atoms with van der Waals surface area (Å²) in [7, 11) is 2.08. The summed E-state index contributed by atoms with van der Waals surface area (Å²) in [5, 5.41) is 23.2. The molecule has 1 aromatic carbocycles. The summed E-state index contributed by atoms with van der Waals surface area (Å²) >= 11 is 0. The molecule has 2 aromatic heterocycles. The minimum Gasteiger partial charge on any atom is -0.507 e. The van der Waals surface area contributed by atoms with Crippen molar-refractivity contribution in [1.82, 2.24) is 20.1 Å². The first-order valence-corrected chi connectivity index (χ1v) is 11.4. The molecule has 3 atom stereocenters. The van der Waals surface area contributed by atoms with Gasteiger partial charge in [0.1, 0.15) is 5.75 Å². The number of nitrogens with zero attached hydrogens (tertiary/aromatic N) is 4. The van der Waals surface area contributed by atoms with Crippen LogP contribution in [0.5, 0.6) is 5.75 Å². The van der Waals surface area contributed by atoms with Crippen molar-refractivity contribution >= 4 is 5.82 Å². The number of alkyl halides is 1. The van der Waals surface area contributed by atoms with Gasteiger partial charge in [0.15, 0.2) is 12.6 Å². The number of anilines is 1. The second-order valence-corrected chi connectivity index (χ2v) is 9.08. The van der Waals surface area contributed by atoms with E-state index < -0.39 is 12.4 Å². The van der Waals surface area contributed by atoms with Gasteiger partial charge in [-0.05, 0) is 67.1 Å². The fraction of sp³-hybridized carbons (Fsp3) is 0.400. The van der Waals surface area contributed by atoms with E-state index in [2.05, 4.69) is 27.5 Å². The Balaban J connectivity index is 1.33. The SMILES string of the molecule is CN(c1ccc(-c2ccc(-c3ccn(CF)c(=O)c3)cc2O)nn1)[C@H]1C[C@H]2CCC[C@@H](C1)N2. The number of phenols is 1. The standard InChI is InChI=1S/C25H28FN5O2/c1-30(20-13-18-3-2-4-19(14-20)27-18)24-8-7-22(28-29-24)21-6-5-16(11-23(21)32)17-9-10-31(15-26)25(33)12-17/h5-12,18-20,27,32H,2-4,13-15H2,1H3/t18-,19+,20+. The first-order valence-electron chi connectivity index (χ1n) is 11.4. The molecule has 5 rings (SSSR count). The number of aromatic hydroxyl groups is 1. The van der Waals surface area contributed by atoms with Gasteiger partial charge >= 0.3 is 0 Å². The van der Waals surface area contributed by atoms with Gasteiger partial charge < -0.3 is 15.3 Å². The molecule has 2 aliphatic heterocycles. The molecule has 0 amide bonds. The van der Waals surface area contributed by atoms with Gasteiger partial charge in [0.2, 0.25) is 0 Å². The first-order chi connectivity index (χ1) is 16.0. The lowest BCUT2D eigenvalue weighted by Crippen LogP contribution is -2.54. The van der Waals surface area contributed by atoms with Crippen LogP contribution >= 0.6 is 0 Å². The first kappa shape index (κ1) is 21.6. The van der Waals surface area contributed by atoms with Gasteiger partial charge in [0.25, 0.3) is 5.56 Å². The van der Waals surface area contributed by atoms with Gasteiger partial charge in [0.05, 0.1) is 5.69 Å². The van der Waals surface area contributed by atoms with Gasteiger partial charge in [-0.1, -0.05) is 12.5 Å². The molecule has 2 aliphatic rings. The number of hydrogen-bond donors (Lipinski definition) is 2. The topological polar surface area (TPSA) is 83.3 Å². The molecule has 33 heavy (non-hydrogen) atoms. The zero-order valence-corrected chi connectivity index (χ0v) is 18.6. The van der Waals surface area contributed by atoms with Crippen LogP contribution in [-0.4, -0.2) is 45.0 Å². The van der Waals surface area contributed by atoms with E-state index in [1.165, 1.54) is 31.5 Å². The van der Waals surface area contributed by atoms with E-state index in [0.29, 0.717) is 40.5 Å². The third-order valence-corrected chi connectivity index (χ3v) is 6.98. The van der Waals surface area contributed by atoms with E-state index in [0.717, 1.165) is 23.2 Å². The van der Waals surface area contributed by atoms with Gasteiger partial charge in [0, 0.05) is 43.0 Å². The van der Waals surface area contributed by atoms with Crippen LogP contribution in [0.1, 0.15) is 32.1 Å². The molecular formula is C25H28FN5O2. The van der Waals surface area contributed by atoms with Crippen LogP contribution in [0.2, 0.25) is 0 Å². The number of halogens is 1. The third-order valence-electron chi connectivity index (χ3n) is 6.98. The maximum absolute atomic E-state index is 12.8. The molecule has 0 aliphatic carbocycles. The molecule has 0 saturated carbocycles. The van der Waals surface area contributed by atoms with Crippen molar-refractivity contribution in [2.24, 2.45) is 0 Å². The molecule has 8 heteroatoms. The summed E-state index contributed by atoms with van der Waals surface area (Å²) in [4.78, 5) is 14.1. The zero-order valence-electron chi connectivity index (χ0n) is 18.6. The molecule has 3 aromatic rings.